The highest BCUT2D eigenvalue weighted by Crippen LogP contribution is 2.14. The first-order chi connectivity index (χ1) is 9.89. The SMILES string of the molecule is CCNC(=NCc1ncc(CC)s1)NCC(C)(C)N(C)C. The first kappa shape index (κ1) is 17.9. The zero-order chi connectivity index (χ0) is 15.9. The van der Waals surface area contributed by atoms with Gasteiger partial charge in [0.05, 0.1) is 6.54 Å². The molecule has 0 fully saturated rings. The van der Waals surface area contributed by atoms with E-state index in [9.17, 15) is 0 Å². The Morgan fingerprint density at radius 1 is 1.33 bits per heavy atom. The second-order valence-electron chi connectivity index (χ2n) is 5.83. The highest BCUT2D eigenvalue weighted by Gasteiger charge is 2.20. The lowest BCUT2D eigenvalue weighted by Gasteiger charge is -2.33. The summed E-state index contributed by atoms with van der Waals surface area (Å²) in [5, 5.41) is 7.76. The molecule has 1 rings (SSSR count). The van der Waals surface area contributed by atoms with Crippen molar-refractivity contribution in [2.24, 2.45) is 4.99 Å². The molecule has 1 aromatic rings. The van der Waals surface area contributed by atoms with E-state index in [1.807, 2.05) is 6.20 Å². The molecule has 0 spiro atoms. The third kappa shape index (κ3) is 6.01. The van der Waals surface area contributed by atoms with Crippen molar-refractivity contribution in [2.45, 2.75) is 46.2 Å². The fourth-order valence-electron chi connectivity index (χ4n) is 1.53. The van der Waals surface area contributed by atoms with Gasteiger partial charge in [0.1, 0.15) is 5.01 Å². The Morgan fingerprint density at radius 3 is 2.57 bits per heavy atom. The van der Waals surface area contributed by atoms with Crippen molar-refractivity contribution in [3.8, 4) is 0 Å². The van der Waals surface area contributed by atoms with Crippen LogP contribution >= 0.6 is 11.3 Å². The predicted molar refractivity (Wildman–Crippen MR) is 92.1 cm³/mol. The summed E-state index contributed by atoms with van der Waals surface area (Å²) in [7, 11) is 4.18. The first-order valence-electron chi connectivity index (χ1n) is 7.52. The fraction of sp³-hybridized carbons (Fsp3) is 0.733. The van der Waals surface area contributed by atoms with Gasteiger partial charge < -0.3 is 15.5 Å². The van der Waals surface area contributed by atoms with Gasteiger partial charge in [0, 0.05) is 29.7 Å². The maximum Gasteiger partial charge on any atom is 0.191 e. The smallest absolute Gasteiger partial charge is 0.191 e. The van der Waals surface area contributed by atoms with Crippen molar-refractivity contribution in [1.82, 2.24) is 20.5 Å². The quantitative estimate of drug-likeness (QED) is 0.598. The number of nitrogens with zero attached hydrogens (tertiary/aromatic N) is 3. The van der Waals surface area contributed by atoms with Crippen molar-refractivity contribution in [1.29, 1.82) is 0 Å². The van der Waals surface area contributed by atoms with Crippen LogP contribution in [0.25, 0.3) is 0 Å². The number of thiazole rings is 1. The van der Waals surface area contributed by atoms with Gasteiger partial charge in [-0.3, -0.25) is 0 Å². The Kier molecular flexibility index (Phi) is 7.11. The van der Waals surface area contributed by atoms with Gasteiger partial charge >= 0.3 is 0 Å². The zero-order valence-corrected chi connectivity index (χ0v) is 15.0. The van der Waals surface area contributed by atoms with Gasteiger partial charge in [-0.15, -0.1) is 11.3 Å². The summed E-state index contributed by atoms with van der Waals surface area (Å²) >= 11 is 1.74. The molecule has 1 aromatic heterocycles. The van der Waals surface area contributed by atoms with Crippen molar-refractivity contribution in [3.63, 3.8) is 0 Å². The maximum atomic E-state index is 4.62. The number of nitrogens with one attached hydrogen (secondary N) is 2. The summed E-state index contributed by atoms with van der Waals surface area (Å²) in [6, 6.07) is 0. The molecule has 0 aliphatic rings. The van der Waals surface area contributed by atoms with Crippen LogP contribution in [0.5, 0.6) is 0 Å². The van der Waals surface area contributed by atoms with E-state index in [0.717, 1.165) is 30.5 Å². The molecular formula is C15H29N5S. The maximum absolute atomic E-state index is 4.62. The van der Waals surface area contributed by atoms with Crippen LogP contribution < -0.4 is 10.6 Å². The highest BCUT2D eigenvalue weighted by molar-refractivity contribution is 7.11. The van der Waals surface area contributed by atoms with Crippen LogP contribution in [-0.2, 0) is 13.0 Å². The van der Waals surface area contributed by atoms with Crippen molar-refractivity contribution >= 4 is 17.3 Å². The van der Waals surface area contributed by atoms with Gasteiger partial charge in [0.2, 0.25) is 0 Å². The summed E-state index contributed by atoms with van der Waals surface area (Å²) in [5.41, 5.74) is 0.0761. The molecule has 1 heterocycles. The summed E-state index contributed by atoms with van der Waals surface area (Å²) in [4.78, 5) is 12.5. The lowest BCUT2D eigenvalue weighted by molar-refractivity contribution is 0.197. The van der Waals surface area contributed by atoms with E-state index in [2.05, 4.69) is 67.3 Å². The first-order valence-corrected chi connectivity index (χ1v) is 8.34. The molecule has 6 heteroatoms. The summed E-state index contributed by atoms with van der Waals surface area (Å²) < 4.78 is 0. The van der Waals surface area contributed by atoms with E-state index in [0.29, 0.717) is 6.54 Å². The monoisotopic (exact) mass is 311 g/mol. The predicted octanol–water partition coefficient (Wildman–Crippen LogP) is 2.10. The van der Waals surface area contributed by atoms with Crippen LogP contribution in [0.15, 0.2) is 11.2 Å². The van der Waals surface area contributed by atoms with Crippen molar-refractivity contribution in [2.75, 3.05) is 27.2 Å². The number of hydrogen-bond donors (Lipinski definition) is 2. The van der Waals surface area contributed by atoms with Gasteiger partial charge in [-0.1, -0.05) is 6.92 Å². The second kappa shape index (κ2) is 8.34. The molecule has 0 unspecified atom stereocenters. The molecule has 0 amide bonds. The summed E-state index contributed by atoms with van der Waals surface area (Å²) in [6.07, 6.45) is 2.99. The standard InChI is InChI=1S/C15H29N5S/c1-7-12-9-17-13(21-12)10-18-14(16-8-2)19-11-15(3,4)20(5)6/h9H,7-8,10-11H2,1-6H3,(H2,16,18,19). The Balaban J connectivity index is 2.61. The Labute approximate surface area is 132 Å². The average molecular weight is 311 g/mol. The lowest BCUT2D eigenvalue weighted by atomic mass is 10.0. The molecule has 0 aromatic carbocycles. The minimum Gasteiger partial charge on any atom is -0.357 e. The van der Waals surface area contributed by atoms with Crippen LogP contribution in [0.3, 0.4) is 0 Å². The minimum atomic E-state index is 0.0761. The zero-order valence-electron chi connectivity index (χ0n) is 14.2. The fourth-order valence-corrected chi connectivity index (χ4v) is 2.32. The number of aryl methyl sites for hydroxylation is 1. The third-order valence-corrected chi connectivity index (χ3v) is 4.69. The van der Waals surface area contributed by atoms with E-state index in [4.69, 9.17) is 0 Å². The average Bonchev–Trinajstić information content (AvgIpc) is 2.89. The third-order valence-electron chi connectivity index (χ3n) is 3.57. The van der Waals surface area contributed by atoms with Crippen molar-refractivity contribution in [3.05, 3.63) is 16.1 Å². The topological polar surface area (TPSA) is 52.6 Å². The number of guanidine groups is 1. The number of aromatic nitrogens is 1. The Hall–Kier alpha value is -1.14. The van der Waals surface area contributed by atoms with Crippen molar-refractivity contribution < 1.29 is 0 Å². The van der Waals surface area contributed by atoms with Crippen LogP contribution in [0.1, 0.15) is 37.6 Å². The lowest BCUT2D eigenvalue weighted by Crippen LogP contribution is -2.50. The van der Waals surface area contributed by atoms with Crippen LogP contribution in [-0.4, -0.2) is 48.6 Å². The molecule has 0 saturated carbocycles. The largest absolute Gasteiger partial charge is 0.357 e. The normalized spacial score (nSPS) is 12.8. The molecular weight excluding hydrogens is 282 g/mol. The van der Waals surface area contributed by atoms with Crippen LogP contribution in [0.4, 0.5) is 0 Å². The Morgan fingerprint density at radius 2 is 2.05 bits per heavy atom. The molecule has 2 N–H and O–H groups in total. The van der Waals surface area contributed by atoms with Gasteiger partial charge in [-0.25, -0.2) is 9.98 Å². The van der Waals surface area contributed by atoms with Gasteiger partial charge in [-0.2, -0.15) is 0 Å². The molecule has 0 aliphatic heterocycles. The number of hydrogen-bond acceptors (Lipinski definition) is 4. The molecule has 0 saturated heterocycles. The van der Waals surface area contributed by atoms with Gasteiger partial charge in [-0.05, 0) is 41.3 Å². The number of likely N-dealkylation sites (N-methyl/N-ethyl adjacent to an activating group) is 1. The highest BCUT2D eigenvalue weighted by atomic mass is 32.1. The van der Waals surface area contributed by atoms with E-state index in [-0.39, 0.29) is 5.54 Å². The second-order valence-corrected chi connectivity index (χ2v) is 7.03. The minimum absolute atomic E-state index is 0.0761. The molecule has 0 aliphatic carbocycles. The van der Waals surface area contributed by atoms with E-state index >= 15 is 0 Å². The van der Waals surface area contributed by atoms with Crippen LogP contribution in [0.2, 0.25) is 0 Å². The molecule has 5 nitrogen and oxygen atoms in total. The number of rotatable bonds is 7. The molecule has 21 heavy (non-hydrogen) atoms. The van der Waals surface area contributed by atoms with E-state index in [1.54, 1.807) is 11.3 Å². The van der Waals surface area contributed by atoms with E-state index in [1.165, 1.54) is 4.88 Å². The molecule has 0 bridgehead atoms. The van der Waals surface area contributed by atoms with Crippen LogP contribution in [0, 0.1) is 0 Å². The summed E-state index contributed by atoms with van der Waals surface area (Å²) in [6.45, 7) is 11.0. The van der Waals surface area contributed by atoms with Gasteiger partial charge in [0.25, 0.3) is 0 Å². The molecule has 0 radical (unpaired) electrons. The Bertz CT molecular complexity index is 451. The summed E-state index contributed by atoms with van der Waals surface area (Å²) in [5.74, 6) is 0.848. The molecule has 0 atom stereocenters. The molecule has 120 valence electrons. The van der Waals surface area contributed by atoms with E-state index < -0.39 is 0 Å². The van der Waals surface area contributed by atoms with Gasteiger partial charge in [0.15, 0.2) is 5.96 Å². The number of aliphatic imine (C=N–C) groups is 1.